The maximum absolute atomic E-state index is 13.3. The predicted octanol–water partition coefficient (Wildman–Crippen LogP) is 5.12. The minimum Gasteiger partial charge on any atom is -0.462 e. The third kappa shape index (κ3) is 3.21. The van der Waals surface area contributed by atoms with Gasteiger partial charge in [0, 0.05) is 25.0 Å². The number of rotatable bonds is 7. The molecule has 0 saturated heterocycles. The van der Waals surface area contributed by atoms with E-state index in [4.69, 9.17) is 17.0 Å². The molecule has 31 heavy (non-hydrogen) atoms. The molecule has 0 amide bonds. The lowest BCUT2D eigenvalue weighted by molar-refractivity contribution is -0.139. The predicted molar refractivity (Wildman–Crippen MR) is 131 cm³/mol. The summed E-state index contributed by atoms with van der Waals surface area (Å²) in [7, 11) is 0. The van der Waals surface area contributed by atoms with Gasteiger partial charge in [-0.1, -0.05) is 55.9 Å². The van der Waals surface area contributed by atoms with Gasteiger partial charge in [0.1, 0.15) is 10.6 Å². The first-order chi connectivity index (χ1) is 15.1. The average Bonchev–Trinajstić information content (AvgIpc) is 3.25. The van der Waals surface area contributed by atoms with Gasteiger partial charge in [0.15, 0.2) is 0 Å². The topological polar surface area (TPSA) is 36.0 Å². The molecule has 2 aliphatic rings. The Morgan fingerprint density at radius 2 is 1.61 bits per heavy atom. The second kappa shape index (κ2) is 8.71. The van der Waals surface area contributed by atoms with E-state index in [9.17, 15) is 4.79 Å². The molecule has 2 aliphatic heterocycles. The molecular formula is C25H29N3O2S. The van der Waals surface area contributed by atoms with E-state index < -0.39 is 5.66 Å². The molecule has 1 atom stereocenters. The zero-order chi connectivity index (χ0) is 22.0. The highest BCUT2D eigenvalue weighted by molar-refractivity contribution is 7.81. The summed E-state index contributed by atoms with van der Waals surface area (Å²) in [6.45, 7) is 7.94. The number of benzene rings is 2. The Hall–Kier alpha value is -2.86. The van der Waals surface area contributed by atoms with Crippen LogP contribution >= 0.6 is 12.2 Å². The molecule has 2 aromatic rings. The largest absolute Gasteiger partial charge is 0.462 e. The Balaban J connectivity index is 1.94. The highest BCUT2D eigenvalue weighted by Crippen LogP contribution is 2.52. The van der Waals surface area contributed by atoms with Gasteiger partial charge < -0.3 is 19.4 Å². The first-order valence-corrected chi connectivity index (χ1v) is 11.4. The number of fused-ring (bicyclic) bond motifs is 1. The van der Waals surface area contributed by atoms with Gasteiger partial charge in [0.2, 0.25) is 5.66 Å². The summed E-state index contributed by atoms with van der Waals surface area (Å²) in [5.41, 5.74) is 2.81. The molecule has 2 aromatic carbocycles. The smallest absolute Gasteiger partial charge is 0.340 e. The fourth-order valence-electron chi connectivity index (χ4n) is 4.68. The molecule has 162 valence electrons. The van der Waals surface area contributed by atoms with Gasteiger partial charge in [-0.3, -0.25) is 0 Å². The van der Waals surface area contributed by atoms with Crippen LogP contribution in [0.25, 0.3) is 0 Å². The van der Waals surface area contributed by atoms with Gasteiger partial charge in [0.05, 0.1) is 18.0 Å². The van der Waals surface area contributed by atoms with Crippen LogP contribution in [0.15, 0.2) is 66.4 Å². The van der Waals surface area contributed by atoms with Gasteiger partial charge in [-0.15, -0.1) is 0 Å². The van der Waals surface area contributed by atoms with E-state index in [0.717, 1.165) is 36.4 Å². The van der Waals surface area contributed by atoms with Gasteiger partial charge >= 0.3 is 5.97 Å². The van der Waals surface area contributed by atoms with Crippen LogP contribution in [0, 0.1) is 0 Å². The second-order valence-corrected chi connectivity index (χ2v) is 8.07. The molecule has 0 aromatic heterocycles. The van der Waals surface area contributed by atoms with Crippen LogP contribution in [0.1, 0.15) is 33.6 Å². The van der Waals surface area contributed by atoms with Gasteiger partial charge in [0.25, 0.3) is 0 Å². The molecular weight excluding hydrogens is 406 g/mol. The SMILES string of the molecule is CCCCN1c2ccccc2N(CC)C12C(=S)N(c1ccccc1)C=C2C(=O)OCC. The van der Waals surface area contributed by atoms with Crippen LogP contribution in [-0.4, -0.2) is 36.3 Å². The summed E-state index contributed by atoms with van der Waals surface area (Å²) < 4.78 is 5.54. The molecule has 6 heteroatoms. The van der Waals surface area contributed by atoms with Crippen molar-refractivity contribution in [3.05, 3.63) is 66.4 Å². The molecule has 0 saturated carbocycles. The number of nitrogens with zero attached hydrogens (tertiary/aromatic N) is 3. The standard InChI is InChI=1S/C25H29N3O2S/c1-4-7-17-28-22-16-12-11-15-21(22)27(5-2)25(28)20(23(29)30-6-3)18-26(24(25)31)19-13-9-8-10-14-19/h8-16,18H,4-7,17H2,1-3H3. The second-order valence-electron chi connectivity index (χ2n) is 7.68. The zero-order valence-electron chi connectivity index (χ0n) is 18.4. The van der Waals surface area contributed by atoms with E-state index in [0.29, 0.717) is 23.7 Å². The Labute approximate surface area is 189 Å². The maximum atomic E-state index is 13.3. The van der Waals surface area contributed by atoms with Crippen molar-refractivity contribution < 1.29 is 9.53 Å². The van der Waals surface area contributed by atoms with Crippen molar-refractivity contribution in [3.8, 4) is 0 Å². The quantitative estimate of drug-likeness (QED) is 0.444. The monoisotopic (exact) mass is 435 g/mol. The summed E-state index contributed by atoms with van der Waals surface area (Å²) in [5, 5.41) is 0. The number of likely N-dealkylation sites (N-methyl/N-ethyl adjacent to an activating group) is 1. The fourth-order valence-corrected chi connectivity index (χ4v) is 5.17. The number of esters is 1. The lowest BCUT2D eigenvalue weighted by atomic mass is 9.98. The van der Waals surface area contributed by atoms with Crippen molar-refractivity contribution >= 4 is 40.2 Å². The van der Waals surface area contributed by atoms with Crippen molar-refractivity contribution in [2.45, 2.75) is 39.3 Å². The summed E-state index contributed by atoms with van der Waals surface area (Å²) >= 11 is 6.18. The minimum atomic E-state index is -0.884. The van der Waals surface area contributed by atoms with Crippen molar-refractivity contribution in [2.75, 3.05) is 34.4 Å². The lowest BCUT2D eigenvalue weighted by Gasteiger charge is -2.44. The van der Waals surface area contributed by atoms with Crippen LogP contribution in [0.2, 0.25) is 0 Å². The van der Waals surface area contributed by atoms with E-state index in [2.05, 4.69) is 35.8 Å². The highest BCUT2D eigenvalue weighted by Gasteiger charge is 2.61. The van der Waals surface area contributed by atoms with Crippen LogP contribution in [0.3, 0.4) is 0 Å². The van der Waals surface area contributed by atoms with Crippen molar-refractivity contribution in [1.29, 1.82) is 0 Å². The number of hydrogen-bond acceptors (Lipinski definition) is 5. The van der Waals surface area contributed by atoms with E-state index in [1.165, 1.54) is 0 Å². The normalized spacial score (nSPS) is 19.8. The average molecular weight is 436 g/mol. The lowest BCUT2D eigenvalue weighted by Crippen LogP contribution is -2.64. The molecule has 0 bridgehead atoms. The number of unbranched alkanes of at least 4 members (excludes halogenated alkanes) is 1. The number of anilines is 3. The minimum absolute atomic E-state index is 0.318. The summed E-state index contributed by atoms with van der Waals surface area (Å²) in [4.78, 5) is 20.5. The first kappa shape index (κ1) is 21.4. The molecule has 0 aliphatic carbocycles. The molecule has 0 fully saturated rings. The molecule has 0 radical (unpaired) electrons. The third-order valence-corrected chi connectivity index (χ3v) is 6.46. The van der Waals surface area contributed by atoms with Crippen molar-refractivity contribution in [1.82, 2.24) is 0 Å². The first-order valence-electron chi connectivity index (χ1n) is 11.0. The molecule has 5 nitrogen and oxygen atoms in total. The zero-order valence-corrected chi connectivity index (χ0v) is 19.2. The third-order valence-electron chi connectivity index (χ3n) is 5.98. The van der Waals surface area contributed by atoms with Crippen LogP contribution in [-0.2, 0) is 9.53 Å². The molecule has 1 spiro atoms. The Morgan fingerprint density at radius 3 is 2.23 bits per heavy atom. The Morgan fingerprint density at radius 1 is 0.968 bits per heavy atom. The van der Waals surface area contributed by atoms with E-state index >= 15 is 0 Å². The molecule has 0 N–H and O–H groups in total. The number of carbonyl (C=O) groups excluding carboxylic acids is 1. The number of hydrogen-bond donors (Lipinski definition) is 0. The van der Waals surface area contributed by atoms with E-state index in [-0.39, 0.29) is 5.97 Å². The van der Waals surface area contributed by atoms with Gasteiger partial charge in [-0.05, 0) is 44.5 Å². The van der Waals surface area contributed by atoms with Gasteiger partial charge in [-0.2, -0.15) is 0 Å². The maximum Gasteiger partial charge on any atom is 0.340 e. The summed E-state index contributed by atoms with van der Waals surface area (Å²) in [5.74, 6) is -0.323. The Kier molecular flexibility index (Phi) is 6.01. The molecule has 4 rings (SSSR count). The number of ether oxygens (including phenoxy) is 1. The Bertz CT molecular complexity index is 1010. The summed E-state index contributed by atoms with van der Waals surface area (Å²) in [6, 6.07) is 18.3. The van der Waals surface area contributed by atoms with Crippen LogP contribution < -0.4 is 14.7 Å². The van der Waals surface area contributed by atoms with E-state index in [1.54, 1.807) is 0 Å². The number of carbonyl (C=O) groups is 1. The number of thiocarbonyl (C=S) groups is 1. The number of para-hydroxylation sites is 3. The fraction of sp³-hybridized carbons (Fsp3) is 0.360. The van der Waals surface area contributed by atoms with Crippen molar-refractivity contribution in [2.24, 2.45) is 0 Å². The molecule has 2 heterocycles. The van der Waals surface area contributed by atoms with E-state index in [1.807, 2.05) is 60.5 Å². The van der Waals surface area contributed by atoms with Gasteiger partial charge in [-0.25, -0.2) is 4.79 Å². The summed E-state index contributed by atoms with van der Waals surface area (Å²) in [6.07, 6.45) is 3.93. The van der Waals surface area contributed by atoms with Crippen molar-refractivity contribution in [3.63, 3.8) is 0 Å². The highest BCUT2D eigenvalue weighted by atomic mass is 32.1. The molecule has 1 unspecified atom stereocenters. The van der Waals surface area contributed by atoms with Crippen LogP contribution in [0.4, 0.5) is 17.1 Å². The van der Waals surface area contributed by atoms with Crippen LogP contribution in [0.5, 0.6) is 0 Å².